The Kier molecular flexibility index (Phi) is 1.97. The number of benzene rings is 1. The molecular weight excluding hydrogens is 274 g/mol. The molecule has 2 bridgehead atoms. The van der Waals surface area contributed by atoms with Gasteiger partial charge in [0.1, 0.15) is 0 Å². The van der Waals surface area contributed by atoms with Crippen molar-refractivity contribution in [1.29, 1.82) is 0 Å². The maximum Gasteiger partial charge on any atom is 0.240 e. The van der Waals surface area contributed by atoms with Crippen LogP contribution in [-0.2, 0) is 14.3 Å². The van der Waals surface area contributed by atoms with Gasteiger partial charge in [-0.05, 0) is 12.1 Å². The topological polar surface area (TPSA) is 65.1 Å². The molecule has 106 valence electrons. The van der Waals surface area contributed by atoms with Crippen molar-refractivity contribution >= 4 is 17.5 Å². The number of amides is 2. The fourth-order valence-electron chi connectivity index (χ4n) is 3.58. The lowest BCUT2D eigenvalue weighted by molar-refractivity contribution is -0.124. The number of ether oxygens (including phenoxy) is 3. The van der Waals surface area contributed by atoms with Gasteiger partial charge in [-0.15, -0.1) is 0 Å². The molecule has 0 unspecified atom stereocenters. The van der Waals surface area contributed by atoms with Gasteiger partial charge in [0, 0.05) is 6.07 Å². The molecule has 4 aliphatic rings. The molecule has 0 saturated carbocycles. The van der Waals surface area contributed by atoms with Crippen molar-refractivity contribution in [2.75, 3.05) is 11.7 Å². The van der Waals surface area contributed by atoms with E-state index in [0.717, 1.165) is 0 Å². The van der Waals surface area contributed by atoms with Crippen molar-refractivity contribution in [3.8, 4) is 11.5 Å². The van der Waals surface area contributed by atoms with E-state index in [4.69, 9.17) is 14.2 Å². The van der Waals surface area contributed by atoms with Crippen molar-refractivity contribution in [3.63, 3.8) is 0 Å². The van der Waals surface area contributed by atoms with Gasteiger partial charge in [0.05, 0.1) is 29.7 Å². The molecule has 4 atom stereocenters. The highest BCUT2D eigenvalue weighted by Crippen LogP contribution is 2.47. The molecule has 2 saturated heterocycles. The average molecular weight is 285 g/mol. The molecule has 4 heterocycles. The van der Waals surface area contributed by atoms with Crippen LogP contribution in [0.5, 0.6) is 11.5 Å². The fourth-order valence-corrected chi connectivity index (χ4v) is 3.58. The standard InChI is InChI=1S/C15H11NO5/c17-14-12-9-3-4-10(21-9)13(12)15(18)16(14)7-1-2-8-11(5-7)20-6-19-8/h1-5,9-10,12-13H,6H2/t9-,10+,12+,13-. The number of rotatable bonds is 1. The lowest BCUT2D eigenvalue weighted by atomic mass is 9.85. The Morgan fingerprint density at radius 3 is 2.33 bits per heavy atom. The summed E-state index contributed by atoms with van der Waals surface area (Å²) in [6.45, 7) is 0.161. The molecule has 0 aromatic heterocycles. The van der Waals surface area contributed by atoms with Crippen molar-refractivity contribution in [2.45, 2.75) is 12.2 Å². The second kappa shape index (κ2) is 3.65. The summed E-state index contributed by atoms with van der Waals surface area (Å²) in [5.74, 6) is 0.0166. The first kappa shape index (κ1) is 11.3. The normalized spacial score (nSPS) is 35.0. The summed E-state index contributed by atoms with van der Waals surface area (Å²) in [5.41, 5.74) is 0.531. The van der Waals surface area contributed by atoms with Crippen LogP contribution in [-0.4, -0.2) is 30.8 Å². The summed E-state index contributed by atoms with van der Waals surface area (Å²) in [4.78, 5) is 26.5. The maximum atomic E-state index is 12.6. The van der Waals surface area contributed by atoms with E-state index < -0.39 is 11.8 Å². The third-order valence-corrected chi connectivity index (χ3v) is 4.52. The smallest absolute Gasteiger partial charge is 0.240 e. The average Bonchev–Trinajstić information content (AvgIpc) is 3.22. The van der Waals surface area contributed by atoms with Crippen molar-refractivity contribution in [1.82, 2.24) is 0 Å². The first-order valence-corrected chi connectivity index (χ1v) is 6.85. The van der Waals surface area contributed by atoms with E-state index in [-0.39, 0.29) is 30.8 Å². The zero-order valence-electron chi connectivity index (χ0n) is 10.9. The van der Waals surface area contributed by atoms with Gasteiger partial charge < -0.3 is 14.2 Å². The van der Waals surface area contributed by atoms with Crippen LogP contribution in [0.1, 0.15) is 0 Å². The minimum atomic E-state index is -0.391. The van der Waals surface area contributed by atoms with Crippen molar-refractivity contribution in [2.24, 2.45) is 11.8 Å². The number of fused-ring (bicyclic) bond motifs is 6. The van der Waals surface area contributed by atoms with E-state index in [0.29, 0.717) is 17.2 Å². The first-order valence-electron chi connectivity index (χ1n) is 6.85. The molecule has 6 nitrogen and oxygen atoms in total. The molecule has 0 aliphatic carbocycles. The predicted molar refractivity (Wildman–Crippen MR) is 69.8 cm³/mol. The van der Waals surface area contributed by atoms with Gasteiger partial charge in [-0.25, -0.2) is 4.90 Å². The summed E-state index contributed by atoms with van der Waals surface area (Å²) >= 11 is 0. The molecule has 1 aromatic rings. The second-order valence-corrected chi connectivity index (χ2v) is 5.55. The Balaban J connectivity index is 1.56. The van der Waals surface area contributed by atoms with Gasteiger partial charge in [-0.2, -0.15) is 0 Å². The van der Waals surface area contributed by atoms with E-state index in [9.17, 15) is 9.59 Å². The van der Waals surface area contributed by atoms with Gasteiger partial charge in [-0.3, -0.25) is 9.59 Å². The molecule has 21 heavy (non-hydrogen) atoms. The van der Waals surface area contributed by atoms with Crippen LogP contribution in [0.2, 0.25) is 0 Å². The first-order chi connectivity index (χ1) is 10.2. The van der Waals surface area contributed by atoms with Crippen molar-refractivity contribution in [3.05, 3.63) is 30.4 Å². The highest BCUT2D eigenvalue weighted by atomic mass is 16.7. The summed E-state index contributed by atoms with van der Waals surface area (Å²) in [7, 11) is 0. The van der Waals surface area contributed by atoms with Crippen molar-refractivity contribution < 1.29 is 23.8 Å². The predicted octanol–water partition coefficient (Wildman–Crippen LogP) is 0.858. The van der Waals surface area contributed by atoms with Gasteiger partial charge in [-0.1, -0.05) is 12.2 Å². The minimum Gasteiger partial charge on any atom is -0.454 e. The molecule has 6 heteroatoms. The zero-order chi connectivity index (χ0) is 14.1. The lowest BCUT2D eigenvalue weighted by Gasteiger charge is -2.17. The summed E-state index contributed by atoms with van der Waals surface area (Å²) in [6.07, 6.45) is 3.21. The highest BCUT2D eigenvalue weighted by molar-refractivity contribution is 6.23. The second-order valence-electron chi connectivity index (χ2n) is 5.55. The van der Waals surface area contributed by atoms with Crippen LogP contribution < -0.4 is 14.4 Å². The third-order valence-electron chi connectivity index (χ3n) is 4.52. The minimum absolute atomic E-state index is 0.161. The van der Waals surface area contributed by atoms with Crippen LogP contribution in [0.4, 0.5) is 5.69 Å². The molecular formula is C15H11NO5. The Morgan fingerprint density at radius 2 is 1.62 bits per heavy atom. The Hall–Kier alpha value is -2.34. The Bertz CT molecular complexity index is 682. The van der Waals surface area contributed by atoms with Crippen LogP contribution >= 0.6 is 0 Å². The number of carbonyl (C=O) groups excluding carboxylic acids is 2. The number of anilines is 1. The Labute approximate surface area is 119 Å². The molecule has 0 N–H and O–H groups in total. The van der Waals surface area contributed by atoms with E-state index >= 15 is 0 Å². The molecule has 1 aromatic carbocycles. The van der Waals surface area contributed by atoms with E-state index in [1.54, 1.807) is 18.2 Å². The summed E-state index contributed by atoms with van der Waals surface area (Å²) in [6, 6.07) is 5.10. The number of hydrogen-bond donors (Lipinski definition) is 0. The summed E-state index contributed by atoms with van der Waals surface area (Å²) < 4.78 is 16.2. The van der Waals surface area contributed by atoms with Gasteiger partial charge >= 0.3 is 0 Å². The summed E-state index contributed by atoms with van der Waals surface area (Å²) in [5, 5.41) is 0. The monoisotopic (exact) mass is 285 g/mol. The molecule has 0 radical (unpaired) electrons. The highest BCUT2D eigenvalue weighted by Gasteiger charge is 2.61. The Morgan fingerprint density at radius 1 is 0.952 bits per heavy atom. The number of imide groups is 1. The fraction of sp³-hybridized carbons (Fsp3) is 0.333. The van der Waals surface area contributed by atoms with Gasteiger partial charge in [0.15, 0.2) is 11.5 Å². The molecule has 0 spiro atoms. The van der Waals surface area contributed by atoms with E-state index in [1.807, 2.05) is 12.2 Å². The van der Waals surface area contributed by atoms with Gasteiger partial charge in [0.25, 0.3) is 0 Å². The lowest BCUT2D eigenvalue weighted by Crippen LogP contribution is -2.34. The number of carbonyl (C=O) groups is 2. The molecule has 2 amide bonds. The quantitative estimate of drug-likeness (QED) is 0.565. The largest absolute Gasteiger partial charge is 0.454 e. The van der Waals surface area contributed by atoms with Crippen LogP contribution in [0.25, 0.3) is 0 Å². The van der Waals surface area contributed by atoms with Crippen LogP contribution in [0, 0.1) is 11.8 Å². The number of nitrogens with zero attached hydrogens (tertiary/aromatic N) is 1. The van der Waals surface area contributed by atoms with Crippen LogP contribution in [0.15, 0.2) is 30.4 Å². The SMILES string of the molecule is O=C1[C@@H]2[C@H](C(=O)N1c1ccc3c(c1)OCO3)[C@@H]1C=C[C@H]2O1. The van der Waals surface area contributed by atoms with Gasteiger partial charge in [0.2, 0.25) is 18.6 Å². The molecule has 5 rings (SSSR count). The third kappa shape index (κ3) is 1.30. The van der Waals surface area contributed by atoms with Crippen LogP contribution in [0.3, 0.4) is 0 Å². The number of hydrogen-bond acceptors (Lipinski definition) is 5. The zero-order valence-corrected chi connectivity index (χ0v) is 10.9. The van der Waals surface area contributed by atoms with E-state index in [2.05, 4.69) is 0 Å². The molecule has 2 fully saturated rings. The molecule has 4 aliphatic heterocycles. The van der Waals surface area contributed by atoms with E-state index in [1.165, 1.54) is 4.90 Å². The maximum absolute atomic E-state index is 12.6.